The maximum atomic E-state index is 12.9. The monoisotopic (exact) mass is 318 g/mol. The SMILES string of the molecule is C[C@@H](c1ncc(F)cn1)c1nc(Cl)cc(-c2cn(C)cn2)n1. The Morgan fingerprint density at radius 1 is 1.09 bits per heavy atom. The third kappa shape index (κ3) is 2.94. The number of rotatable bonds is 3. The predicted octanol–water partition coefficient (Wildman–Crippen LogP) is 2.61. The van der Waals surface area contributed by atoms with E-state index in [1.54, 1.807) is 12.4 Å². The minimum Gasteiger partial charge on any atom is -0.340 e. The van der Waals surface area contributed by atoms with Crippen LogP contribution in [0.25, 0.3) is 11.4 Å². The molecule has 0 fully saturated rings. The van der Waals surface area contributed by atoms with Crippen molar-refractivity contribution in [1.82, 2.24) is 29.5 Å². The second-order valence-corrected chi connectivity index (χ2v) is 5.23. The molecule has 3 aromatic heterocycles. The first-order valence-corrected chi connectivity index (χ1v) is 6.91. The highest BCUT2D eigenvalue weighted by Crippen LogP contribution is 2.23. The summed E-state index contributed by atoms with van der Waals surface area (Å²) < 4.78 is 14.7. The second-order valence-electron chi connectivity index (χ2n) is 4.84. The average Bonchev–Trinajstić information content (AvgIpc) is 2.93. The topological polar surface area (TPSA) is 69.4 Å². The summed E-state index contributed by atoms with van der Waals surface area (Å²) in [6.45, 7) is 1.83. The number of hydrogen-bond donors (Lipinski definition) is 0. The Morgan fingerprint density at radius 2 is 1.82 bits per heavy atom. The van der Waals surface area contributed by atoms with Gasteiger partial charge in [-0.05, 0) is 6.92 Å². The summed E-state index contributed by atoms with van der Waals surface area (Å²) in [5.41, 5.74) is 1.31. The van der Waals surface area contributed by atoms with Gasteiger partial charge in [-0.15, -0.1) is 0 Å². The number of aryl methyl sites for hydroxylation is 1. The lowest BCUT2D eigenvalue weighted by atomic mass is 10.1. The summed E-state index contributed by atoms with van der Waals surface area (Å²) in [5, 5.41) is 0.305. The van der Waals surface area contributed by atoms with E-state index in [1.165, 1.54) is 0 Å². The van der Waals surface area contributed by atoms with E-state index < -0.39 is 5.82 Å². The van der Waals surface area contributed by atoms with Gasteiger partial charge in [0.25, 0.3) is 0 Å². The van der Waals surface area contributed by atoms with Crippen molar-refractivity contribution in [2.24, 2.45) is 7.05 Å². The molecule has 3 rings (SSSR count). The zero-order valence-corrected chi connectivity index (χ0v) is 12.7. The van der Waals surface area contributed by atoms with Crippen LogP contribution in [0.2, 0.25) is 5.15 Å². The van der Waals surface area contributed by atoms with Crippen LogP contribution < -0.4 is 0 Å². The first-order chi connectivity index (χ1) is 10.5. The van der Waals surface area contributed by atoms with E-state index in [2.05, 4.69) is 24.9 Å². The van der Waals surface area contributed by atoms with Crippen LogP contribution in [-0.4, -0.2) is 29.5 Å². The van der Waals surface area contributed by atoms with Crippen LogP contribution in [0.4, 0.5) is 4.39 Å². The largest absolute Gasteiger partial charge is 0.340 e. The van der Waals surface area contributed by atoms with E-state index in [4.69, 9.17) is 11.6 Å². The van der Waals surface area contributed by atoms with E-state index in [0.717, 1.165) is 12.4 Å². The van der Waals surface area contributed by atoms with Crippen molar-refractivity contribution in [2.45, 2.75) is 12.8 Å². The van der Waals surface area contributed by atoms with Gasteiger partial charge in [0, 0.05) is 19.3 Å². The fourth-order valence-electron chi connectivity index (χ4n) is 1.97. The van der Waals surface area contributed by atoms with Gasteiger partial charge in [-0.2, -0.15) is 0 Å². The van der Waals surface area contributed by atoms with Crippen LogP contribution in [0.1, 0.15) is 24.5 Å². The Balaban J connectivity index is 2.00. The van der Waals surface area contributed by atoms with Crippen LogP contribution in [0.5, 0.6) is 0 Å². The fraction of sp³-hybridized carbons (Fsp3) is 0.214. The molecular formula is C14H12ClFN6. The Labute approximate surface area is 131 Å². The molecule has 0 radical (unpaired) electrons. The Kier molecular flexibility index (Phi) is 3.81. The fourth-order valence-corrected chi connectivity index (χ4v) is 2.16. The van der Waals surface area contributed by atoms with Crippen molar-refractivity contribution >= 4 is 11.6 Å². The lowest BCUT2D eigenvalue weighted by Gasteiger charge is -2.10. The Bertz CT molecular complexity index is 801. The summed E-state index contributed by atoms with van der Waals surface area (Å²) in [5.74, 6) is 0.0781. The van der Waals surface area contributed by atoms with Gasteiger partial charge in [-0.25, -0.2) is 29.3 Å². The van der Waals surface area contributed by atoms with Gasteiger partial charge in [-0.3, -0.25) is 0 Å². The molecular weight excluding hydrogens is 307 g/mol. The quantitative estimate of drug-likeness (QED) is 0.694. The average molecular weight is 319 g/mol. The van der Waals surface area contributed by atoms with E-state index in [-0.39, 0.29) is 5.92 Å². The summed E-state index contributed by atoms with van der Waals surface area (Å²) in [7, 11) is 1.87. The predicted molar refractivity (Wildman–Crippen MR) is 78.8 cm³/mol. The van der Waals surface area contributed by atoms with Gasteiger partial charge in [0.15, 0.2) is 5.82 Å². The van der Waals surface area contributed by atoms with Crippen molar-refractivity contribution in [1.29, 1.82) is 0 Å². The molecule has 0 aliphatic carbocycles. The molecule has 0 saturated carbocycles. The molecule has 0 unspecified atom stereocenters. The number of nitrogens with zero attached hydrogens (tertiary/aromatic N) is 6. The summed E-state index contributed by atoms with van der Waals surface area (Å²) in [6, 6.07) is 1.64. The lowest BCUT2D eigenvalue weighted by Crippen LogP contribution is -2.08. The molecule has 22 heavy (non-hydrogen) atoms. The van der Waals surface area contributed by atoms with Gasteiger partial charge < -0.3 is 4.57 Å². The van der Waals surface area contributed by atoms with E-state index >= 15 is 0 Å². The van der Waals surface area contributed by atoms with Crippen LogP contribution >= 0.6 is 11.6 Å². The molecule has 3 heterocycles. The Hall–Kier alpha value is -2.41. The Morgan fingerprint density at radius 3 is 2.45 bits per heavy atom. The standard InChI is InChI=1S/C14H12ClFN6/c1-8(13-17-4-9(16)5-18-13)14-20-10(3-12(15)21-14)11-6-22(2)7-19-11/h3-8H,1-2H3/t8-/m0/s1. The zero-order chi connectivity index (χ0) is 15.7. The van der Waals surface area contributed by atoms with Crippen molar-refractivity contribution in [3.05, 3.63) is 53.6 Å². The normalized spacial score (nSPS) is 12.4. The minimum atomic E-state index is -0.489. The van der Waals surface area contributed by atoms with Crippen LogP contribution in [0.15, 0.2) is 31.0 Å². The summed E-state index contributed by atoms with van der Waals surface area (Å²) >= 11 is 6.08. The van der Waals surface area contributed by atoms with E-state index in [9.17, 15) is 4.39 Å². The van der Waals surface area contributed by atoms with E-state index in [1.807, 2.05) is 24.7 Å². The van der Waals surface area contributed by atoms with Crippen LogP contribution in [0.3, 0.4) is 0 Å². The van der Waals surface area contributed by atoms with Crippen LogP contribution in [0, 0.1) is 5.82 Å². The van der Waals surface area contributed by atoms with Crippen molar-refractivity contribution < 1.29 is 4.39 Å². The molecule has 0 N–H and O–H groups in total. The lowest BCUT2D eigenvalue weighted by molar-refractivity contribution is 0.604. The maximum absolute atomic E-state index is 12.9. The maximum Gasteiger partial charge on any atom is 0.159 e. The summed E-state index contributed by atoms with van der Waals surface area (Å²) in [4.78, 5) is 20.9. The molecule has 0 aliphatic rings. The molecule has 0 bridgehead atoms. The number of hydrogen-bond acceptors (Lipinski definition) is 5. The molecule has 3 aromatic rings. The molecule has 0 spiro atoms. The third-order valence-electron chi connectivity index (χ3n) is 3.09. The first-order valence-electron chi connectivity index (χ1n) is 6.53. The third-order valence-corrected chi connectivity index (χ3v) is 3.29. The first kappa shape index (κ1) is 14.5. The van der Waals surface area contributed by atoms with Gasteiger partial charge in [0.1, 0.15) is 22.5 Å². The van der Waals surface area contributed by atoms with Gasteiger partial charge in [0.2, 0.25) is 0 Å². The van der Waals surface area contributed by atoms with Crippen molar-refractivity contribution in [2.75, 3.05) is 0 Å². The smallest absolute Gasteiger partial charge is 0.159 e. The van der Waals surface area contributed by atoms with Gasteiger partial charge in [-0.1, -0.05) is 11.6 Å². The van der Waals surface area contributed by atoms with E-state index in [0.29, 0.717) is 28.2 Å². The van der Waals surface area contributed by atoms with Crippen LogP contribution in [-0.2, 0) is 7.05 Å². The second kappa shape index (κ2) is 5.76. The number of halogens is 2. The number of imidazole rings is 1. The number of aromatic nitrogens is 6. The molecule has 0 aromatic carbocycles. The summed E-state index contributed by atoms with van der Waals surface area (Å²) in [6.07, 6.45) is 5.74. The van der Waals surface area contributed by atoms with Gasteiger partial charge >= 0.3 is 0 Å². The molecule has 0 saturated heterocycles. The molecule has 6 nitrogen and oxygen atoms in total. The molecule has 0 aliphatic heterocycles. The van der Waals surface area contributed by atoms with Gasteiger partial charge in [0.05, 0.1) is 30.3 Å². The highest BCUT2D eigenvalue weighted by molar-refractivity contribution is 6.29. The molecule has 112 valence electrons. The van der Waals surface area contributed by atoms with Crippen molar-refractivity contribution in [3.8, 4) is 11.4 Å². The molecule has 8 heteroatoms. The zero-order valence-electron chi connectivity index (χ0n) is 11.9. The molecule has 0 amide bonds. The van der Waals surface area contributed by atoms with Crippen molar-refractivity contribution in [3.63, 3.8) is 0 Å². The highest BCUT2D eigenvalue weighted by Gasteiger charge is 2.17. The molecule has 1 atom stereocenters. The highest BCUT2D eigenvalue weighted by atomic mass is 35.5. The minimum absolute atomic E-state index is 0.305.